The first-order chi connectivity index (χ1) is 15.0. The van der Waals surface area contributed by atoms with E-state index in [1.165, 1.54) is 11.9 Å². The van der Waals surface area contributed by atoms with E-state index >= 15 is 0 Å². The van der Waals surface area contributed by atoms with Gasteiger partial charge in [0, 0.05) is 13.6 Å². The fourth-order valence-electron chi connectivity index (χ4n) is 3.32. The molecule has 0 saturated heterocycles. The molecule has 0 heterocycles. The number of sulfonamides is 1. The summed E-state index contributed by atoms with van der Waals surface area (Å²) < 4.78 is 26.1. The van der Waals surface area contributed by atoms with Crippen LogP contribution < -0.4 is 9.62 Å². The van der Waals surface area contributed by atoms with Crippen LogP contribution in [0.1, 0.15) is 24.5 Å². The highest BCUT2D eigenvalue weighted by atomic mass is 35.5. The second-order valence-electron chi connectivity index (χ2n) is 7.42. The summed E-state index contributed by atoms with van der Waals surface area (Å²) in [7, 11) is -2.27. The first-order valence-corrected chi connectivity index (χ1v) is 12.6. The summed E-state index contributed by atoms with van der Waals surface area (Å²) in [4.78, 5) is 27.3. The summed E-state index contributed by atoms with van der Waals surface area (Å²) in [6.45, 7) is 3.23. The monoisotopic (exact) mass is 499 g/mol. The van der Waals surface area contributed by atoms with Crippen molar-refractivity contribution in [2.24, 2.45) is 0 Å². The van der Waals surface area contributed by atoms with Crippen molar-refractivity contribution in [3.05, 3.63) is 63.6 Å². The molecule has 0 aliphatic heterocycles. The lowest BCUT2D eigenvalue weighted by molar-refractivity contribution is -0.140. The number of halogens is 2. The number of hydrogen-bond acceptors (Lipinski definition) is 4. The molecule has 2 aromatic carbocycles. The molecule has 2 rings (SSSR count). The Hall–Kier alpha value is -2.29. The summed E-state index contributed by atoms with van der Waals surface area (Å²) in [6, 6.07) is 11.0. The molecule has 0 spiro atoms. The number of rotatable bonds is 9. The van der Waals surface area contributed by atoms with Crippen molar-refractivity contribution >= 4 is 50.7 Å². The molecule has 0 aliphatic rings. The molecule has 0 bridgehead atoms. The second kappa shape index (κ2) is 11.0. The minimum absolute atomic E-state index is 0.0626. The largest absolute Gasteiger partial charge is 0.357 e. The first kappa shape index (κ1) is 26.0. The third-order valence-corrected chi connectivity index (χ3v) is 6.82. The van der Waals surface area contributed by atoms with E-state index in [-0.39, 0.29) is 12.5 Å². The van der Waals surface area contributed by atoms with Crippen LogP contribution in [0, 0.1) is 6.92 Å². The van der Waals surface area contributed by atoms with Gasteiger partial charge in [-0.05, 0) is 48.7 Å². The number of benzene rings is 2. The molecule has 0 unspecified atom stereocenters. The summed E-state index contributed by atoms with van der Waals surface area (Å²) in [6.07, 6.45) is 1.39. The van der Waals surface area contributed by atoms with E-state index in [9.17, 15) is 18.0 Å². The lowest BCUT2D eigenvalue weighted by atomic mass is 10.1. The van der Waals surface area contributed by atoms with Gasteiger partial charge >= 0.3 is 0 Å². The molecular weight excluding hydrogens is 473 g/mol. The summed E-state index contributed by atoms with van der Waals surface area (Å²) in [5, 5.41) is 3.26. The van der Waals surface area contributed by atoms with Crippen molar-refractivity contribution in [1.82, 2.24) is 10.2 Å². The zero-order chi connectivity index (χ0) is 24.1. The van der Waals surface area contributed by atoms with Gasteiger partial charge in [-0.2, -0.15) is 0 Å². The van der Waals surface area contributed by atoms with Gasteiger partial charge in [-0.25, -0.2) is 8.42 Å². The average Bonchev–Trinajstić information content (AvgIpc) is 2.73. The Morgan fingerprint density at radius 2 is 1.78 bits per heavy atom. The number of carbonyl (C=O) groups excluding carboxylic acids is 2. The van der Waals surface area contributed by atoms with E-state index in [2.05, 4.69) is 5.32 Å². The predicted molar refractivity (Wildman–Crippen MR) is 129 cm³/mol. The first-order valence-electron chi connectivity index (χ1n) is 9.97. The normalized spacial score (nSPS) is 12.2. The van der Waals surface area contributed by atoms with E-state index in [0.717, 1.165) is 16.1 Å². The summed E-state index contributed by atoms with van der Waals surface area (Å²) in [5.41, 5.74) is 1.90. The predicted octanol–water partition coefficient (Wildman–Crippen LogP) is 3.62. The molecule has 1 atom stereocenters. The number of nitrogens with one attached hydrogen (secondary N) is 1. The van der Waals surface area contributed by atoms with Gasteiger partial charge in [0.25, 0.3) is 0 Å². The topological polar surface area (TPSA) is 86.8 Å². The fraction of sp³-hybridized carbons (Fsp3) is 0.364. The van der Waals surface area contributed by atoms with Gasteiger partial charge in [0.2, 0.25) is 21.8 Å². The van der Waals surface area contributed by atoms with Gasteiger partial charge in [0.15, 0.2) is 0 Å². The molecule has 0 saturated carbocycles. The van der Waals surface area contributed by atoms with Crippen molar-refractivity contribution < 1.29 is 18.0 Å². The van der Waals surface area contributed by atoms with E-state index in [0.29, 0.717) is 27.7 Å². The highest BCUT2D eigenvalue weighted by molar-refractivity contribution is 7.92. The Morgan fingerprint density at radius 1 is 1.09 bits per heavy atom. The van der Waals surface area contributed by atoms with Crippen LogP contribution in [0.3, 0.4) is 0 Å². The maximum atomic E-state index is 13.4. The highest BCUT2D eigenvalue weighted by Gasteiger charge is 2.31. The quantitative estimate of drug-likeness (QED) is 0.570. The zero-order valence-electron chi connectivity index (χ0n) is 18.4. The zero-order valence-corrected chi connectivity index (χ0v) is 20.8. The molecular formula is C22H27Cl2N3O4S. The van der Waals surface area contributed by atoms with Gasteiger partial charge in [0.1, 0.15) is 12.6 Å². The number of aryl methyl sites for hydroxylation is 1. The summed E-state index contributed by atoms with van der Waals surface area (Å²) >= 11 is 12.1. The SMILES string of the molecule is CC[C@H](C(=O)NC)N(Cc1ccc(Cl)c(Cl)c1)C(=O)CN(c1cccc(C)c1)S(C)(=O)=O. The molecule has 32 heavy (non-hydrogen) atoms. The van der Waals surface area contributed by atoms with Gasteiger partial charge in [-0.15, -0.1) is 0 Å². The van der Waals surface area contributed by atoms with E-state index in [1.807, 2.05) is 13.0 Å². The lowest BCUT2D eigenvalue weighted by Crippen LogP contribution is -2.51. The molecule has 0 aromatic heterocycles. The van der Waals surface area contributed by atoms with Crippen LogP contribution in [-0.2, 0) is 26.2 Å². The van der Waals surface area contributed by atoms with E-state index in [1.54, 1.807) is 43.3 Å². The van der Waals surface area contributed by atoms with Crippen molar-refractivity contribution in [2.75, 3.05) is 24.2 Å². The molecule has 7 nitrogen and oxygen atoms in total. The van der Waals surface area contributed by atoms with E-state index in [4.69, 9.17) is 23.2 Å². The molecule has 2 aromatic rings. The maximum Gasteiger partial charge on any atom is 0.244 e. The number of hydrogen-bond donors (Lipinski definition) is 1. The minimum atomic E-state index is -3.76. The average molecular weight is 500 g/mol. The molecule has 0 radical (unpaired) electrons. The third kappa shape index (κ3) is 6.60. The van der Waals surface area contributed by atoms with Crippen LogP contribution in [0.4, 0.5) is 5.69 Å². The molecule has 174 valence electrons. The highest BCUT2D eigenvalue weighted by Crippen LogP contribution is 2.25. The Kier molecular flexibility index (Phi) is 8.95. The van der Waals surface area contributed by atoms with Crippen molar-refractivity contribution in [3.63, 3.8) is 0 Å². The number of amides is 2. The third-order valence-electron chi connectivity index (χ3n) is 4.94. The second-order valence-corrected chi connectivity index (χ2v) is 10.1. The van der Waals surface area contributed by atoms with Gasteiger partial charge in [0.05, 0.1) is 22.0 Å². The van der Waals surface area contributed by atoms with Gasteiger partial charge in [-0.1, -0.05) is 48.3 Å². The summed E-state index contributed by atoms with van der Waals surface area (Å²) in [5.74, 6) is -0.860. The standard InChI is InChI=1S/C22H27Cl2N3O4S/c1-5-20(22(29)25-3)26(13-16-9-10-18(23)19(24)12-16)21(28)14-27(32(4,30)31)17-8-6-7-15(2)11-17/h6-12,20H,5,13-14H2,1-4H3,(H,25,29)/t20-/m1/s1. The fourth-order valence-corrected chi connectivity index (χ4v) is 4.48. The van der Waals surface area contributed by atoms with Crippen LogP contribution in [-0.4, -0.2) is 51.0 Å². The van der Waals surface area contributed by atoms with Crippen LogP contribution >= 0.6 is 23.2 Å². The number of carbonyl (C=O) groups is 2. The molecule has 1 N–H and O–H groups in total. The number of nitrogens with zero attached hydrogens (tertiary/aromatic N) is 2. The minimum Gasteiger partial charge on any atom is -0.357 e. The Bertz CT molecular complexity index is 1090. The van der Waals surface area contributed by atoms with Crippen molar-refractivity contribution in [2.45, 2.75) is 32.9 Å². The van der Waals surface area contributed by atoms with Gasteiger partial charge in [-0.3, -0.25) is 13.9 Å². The molecule has 0 aliphatic carbocycles. The smallest absolute Gasteiger partial charge is 0.244 e. The maximum absolute atomic E-state index is 13.4. The van der Waals surface area contributed by atoms with Crippen LogP contribution in [0.2, 0.25) is 10.0 Å². The van der Waals surface area contributed by atoms with Crippen LogP contribution in [0.5, 0.6) is 0 Å². The van der Waals surface area contributed by atoms with Crippen LogP contribution in [0.25, 0.3) is 0 Å². The molecule has 2 amide bonds. The Labute approximate surface area is 199 Å². The Balaban J connectivity index is 2.44. The Morgan fingerprint density at radius 3 is 2.31 bits per heavy atom. The van der Waals surface area contributed by atoms with Crippen molar-refractivity contribution in [3.8, 4) is 0 Å². The van der Waals surface area contributed by atoms with Crippen LogP contribution in [0.15, 0.2) is 42.5 Å². The number of likely N-dealkylation sites (N-methyl/N-ethyl adjacent to an activating group) is 1. The van der Waals surface area contributed by atoms with E-state index < -0.39 is 28.5 Å². The van der Waals surface area contributed by atoms with Gasteiger partial charge < -0.3 is 10.2 Å². The van der Waals surface area contributed by atoms with Crippen molar-refractivity contribution in [1.29, 1.82) is 0 Å². The number of anilines is 1. The molecule has 0 fully saturated rings. The lowest BCUT2D eigenvalue weighted by Gasteiger charge is -2.32. The molecule has 10 heteroatoms.